The topological polar surface area (TPSA) is 35.5 Å². The lowest BCUT2D eigenvalue weighted by Gasteiger charge is -2.09. The number of rotatable bonds is 6. The second kappa shape index (κ2) is 7.80. The molecule has 22 heavy (non-hydrogen) atoms. The zero-order valence-electron chi connectivity index (χ0n) is 12.5. The maximum absolute atomic E-state index is 12.0. The SMILES string of the molecule is COc1cc(/C=C/CC(=O)c2ccccc2)cc(OC)c1Br. The molecule has 2 rings (SSSR count). The molecule has 0 spiro atoms. The molecule has 0 radical (unpaired) electrons. The van der Waals surface area contributed by atoms with Crippen molar-refractivity contribution in [3.8, 4) is 11.5 Å². The first-order valence-corrected chi connectivity index (χ1v) is 7.61. The Morgan fingerprint density at radius 3 is 2.23 bits per heavy atom. The number of Topliss-reactive ketones (excluding diaryl/α,β-unsaturated/α-hetero) is 1. The van der Waals surface area contributed by atoms with Crippen LogP contribution in [-0.2, 0) is 0 Å². The van der Waals surface area contributed by atoms with E-state index in [-0.39, 0.29) is 5.78 Å². The van der Waals surface area contributed by atoms with Crippen molar-refractivity contribution < 1.29 is 14.3 Å². The normalized spacial score (nSPS) is 10.7. The van der Waals surface area contributed by atoms with Gasteiger partial charge in [-0.15, -0.1) is 0 Å². The third-order valence-corrected chi connectivity index (χ3v) is 3.96. The maximum atomic E-state index is 12.0. The fourth-order valence-electron chi connectivity index (χ4n) is 2.03. The van der Waals surface area contributed by atoms with E-state index in [4.69, 9.17) is 9.47 Å². The molecule has 4 heteroatoms. The monoisotopic (exact) mass is 360 g/mol. The summed E-state index contributed by atoms with van der Waals surface area (Å²) in [5.74, 6) is 1.47. The number of carbonyl (C=O) groups excluding carboxylic acids is 1. The van der Waals surface area contributed by atoms with E-state index < -0.39 is 0 Å². The Morgan fingerprint density at radius 2 is 1.68 bits per heavy atom. The molecule has 0 aliphatic rings. The third-order valence-electron chi connectivity index (χ3n) is 3.18. The fraction of sp³-hybridized carbons (Fsp3) is 0.167. The first-order valence-electron chi connectivity index (χ1n) is 6.82. The number of halogens is 1. The van der Waals surface area contributed by atoms with Crippen LogP contribution in [0.15, 0.2) is 53.0 Å². The molecular formula is C18H17BrO3. The molecule has 114 valence electrons. The van der Waals surface area contributed by atoms with Gasteiger partial charge in [0, 0.05) is 12.0 Å². The minimum Gasteiger partial charge on any atom is -0.495 e. The number of methoxy groups -OCH3 is 2. The Balaban J connectivity index is 2.12. The summed E-state index contributed by atoms with van der Waals surface area (Å²) < 4.78 is 11.4. The Kier molecular flexibility index (Phi) is 5.78. The molecule has 2 aromatic carbocycles. The zero-order chi connectivity index (χ0) is 15.9. The Morgan fingerprint density at radius 1 is 1.09 bits per heavy atom. The summed E-state index contributed by atoms with van der Waals surface area (Å²) in [4.78, 5) is 12.0. The summed E-state index contributed by atoms with van der Waals surface area (Å²) in [6.07, 6.45) is 4.08. The van der Waals surface area contributed by atoms with Crippen LogP contribution in [0.1, 0.15) is 22.3 Å². The number of benzene rings is 2. The average Bonchev–Trinajstić information content (AvgIpc) is 2.56. The molecule has 0 atom stereocenters. The van der Waals surface area contributed by atoms with Crippen LogP contribution in [0, 0.1) is 0 Å². The molecular weight excluding hydrogens is 344 g/mol. The van der Waals surface area contributed by atoms with Crippen LogP contribution >= 0.6 is 15.9 Å². The summed E-state index contributed by atoms with van der Waals surface area (Å²) >= 11 is 3.43. The van der Waals surface area contributed by atoms with E-state index >= 15 is 0 Å². The summed E-state index contributed by atoms with van der Waals surface area (Å²) in [6.45, 7) is 0. The molecule has 0 saturated carbocycles. The predicted octanol–water partition coefficient (Wildman–Crippen LogP) is 4.75. The molecule has 0 heterocycles. The molecule has 2 aromatic rings. The third kappa shape index (κ3) is 3.98. The molecule has 0 N–H and O–H groups in total. The summed E-state index contributed by atoms with van der Waals surface area (Å²) in [5.41, 5.74) is 1.64. The molecule has 0 aromatic heterocycles. The molecule has 0 aliphatic carbocycles. The van der Waals surface area contributed by atoms with Crippen LogP contribution in [0.4, 0.5) is 0 Å². The second-order valence-electron chi connectivity index (χ2n) is 4.64. The van der Waals surface area contributed by atoms with Gasteiger partial charge in [0.1, 0.15) is 16.0 Å². The fourth-order valence-corrected chi connectivity index (χ4v) is 2.58. The molecule has 3 nitrogen and oxygen atoms in total. The first-order chi connectivity index (χ1) is 10.7. The van der Waals surface area contributed by atoms with Gasteiger partial charge in [-0.3, -0.25) is 4.79 Å². The number of carbonyl (C=O) groups is 1. The predicted molar refractivity (Wildman–Crippen MR) is 91.7 cm³/mol. The second-order valence-corrected chi connectivity index (χ2v) is 5.43. The number of allylic oxidation sites excluding steroid dienone is 1. The molecule has 0 aliphatic heterocycles. The largest absolute Gasteiger partial charge is 0.495 e. The van der Waals surface area contributed by atoms with Crippen LogP contribution in [0.5, 0.6) is 11.5 Å². The summed E-state index contributed by atoms with van der Waals surface area (Å²) in [7, 11) is 3.21. The highest BCUT2D eigenvalue weighted by Crippen LogP contribution is 2.35. The van der Waals surface area contributed by atoms with Crippen molar-refractivity contribution >= 4 is 27.8 Å². The van der Waals surface area contributed by atoms with E-state index in [9.17, 15) is 4.79 Å². The Bertz CT molecular complexity index is 653. The average molecular weight is 361 g/mol. The lowest BCUT2D eigenvalue weighted by atomic mass is 10.1. The standard InChI is InChI=1S/C18H17BrO3/c1-21-16-11-13(12-17(22-2)18(16)19)7-6-10-15(20)14-8-4-3-5-9-14/h3-9,11-12H,10H2,1-2H3/b7-6+. The highest BCUT2D eigenvalue weighted by Gasteiger charge is 2.08. The minimum absolute atomic E-state index is 0.0906. The highest BCUT2D eigenvalue weighted by molar-refractivity contribution is 9.10. The van der Waals surface area contributed by atoms with Gasteiger partial charge in [-0.05, 0) is 33.6 Å². The Hall–Kier alpha value is -2.07. The minimum atomic E-state index is 0.0906. The molecule has 0 bridgehead atoms. The van der Waals surface area contributed by atoms with Crippen molar-refractivity contribution in [1.29, 1.82) is 0 Å². The number of hydrogen-bond donors (Lipinski definition) is 0. The van der Waals surface area contributed by atoms with E-state index in [1.807, 2.05) is 54.6 Å². The van der Waals surface area contributed by atoms with E-state index in [1.54, 1.807) is 14.2 Å². The van der Waals surface area contributed by atoms with Gasteiger partial charge in [0.2, 0.25) is 0 Å². The van der Waals surface area contributed by atoms with E-state index in [2.05, 4.69) is 15.9 Å². The van der Waals surface area contributed by atoms with Crippen LogP contribution in [0.3, 0.4) is 0 Å². The van der Waals surface area contributed by atoms with E-state index in [1.165, 1.54) is 0 Å². The number of ketones is 1. The van der Waals surface area contributed by atoms with Gasteiger partial charge < -0.3 is 9.47 Å². The summed E-state index contributed by atoms with van der Waals surface area (Å²) in [5, 5.41) is 0. The van der Waals surface area contributed by atoms with Crippen molar-refractivity contribution in [3.05, 3.63) is 64.1 Å². The van der Waals surface area contributed by atoms with Crippen LogP contribution in [0.2, 0.25) is 0 Å². The summed E-state index contributed by atoms with van der Waals surface area (Å²) in [6, 6.07) is 13.0. The number of ether oxygens (including phenoxy) is 2. The molecule has 0 fully saturated rings. The lowest BCUT2D eigenvalue weighted by molar-refractivity contribution is 0.0996. The van der Waals surface area contributed by atoms with Crippen LogP contribution < -0.4 is 9.47 Å². The smallest absolute Gasteiger partial charge is 0.166 e. The molecule has 0 amide bonds. The molecule has 0 saturated heterocycles. The highest BCUT2D eigenvalue weighted by atomic mass is 79.9. The van der Waals surface area contributed by atoms with Crippen LogP contribution in [0.25, 0.3) is 6.08 Å². The van der Waals surface area contributed by atoms with Gasteiger partial charge in [0.15, 0.2) is 5.78 Å². The zero-order valence-corrected chi connectivity index (χ0v) is 14.1. The van der Waals surface area contributed by atoms with E-state index in [0.29, 0.717) is 17.9 Å². The lowest BCUT2D eigenvalue weighted by Crippen LogP contribution is -1.96. The maximum Gasteiger partial charge on any atom is 0.166 e. The van der Waals surface area contributed by atoms with Gasteiger partial charge in [-0.1, -0.05) is 42.5 Å². The van der Waals surface area contributed by atoms with E-state index in [0.717, 1.165) is 15.6 Å². The quantitative estimate of drug-likeness (QED) is 0.697. The van der Waals surface area contributed by atoms with Crippen molar-refractivity contribution in [1.82, 2.24) is 0 Å². The van der Waals surface area contributed by atoms with Gasteiger partial charge in [-0.25, -0.2) is 0 Å². The number of hydrogen-bond acceptors (Lipinski definition) is 3. The Labute approximate surface area is 138 Å². The first kappa shape index (κ1) is 16.3. The van der Waals surface area contributed by atoms with Crippen LogP contribution in [-0.4, -0.2) is 20.0 Å². The van der Waals surface area contributed by atoms with Crippen molar-refractivity contribution in [2.45, 2.75) is 6.42 Å². The van der Waals surface area contributed by atoms with Crippen molar-refractivity contribution in [3.63, 3.8) is 0 Å². The van der Waals surface area contributed by atoms with Crippen molar-refractivity contribution in [2.75, 3.05) is 14.2 Å². The van der Waals surface area contributed by atoms with Crippen molar-refractivity contribution in [2.24, 2.45) is 0 Å². The molecule has 0 unspecified atom stereocenters. The van der Waals surface area contributed by atoms with Gasteiger partial charge >= 0.3 is 0 Å². The van der Waals surface area contributed by atoms with Gasteiger partial charge in [0.25, 0.3) is 0 Å². The van der Waals surface area contributed by atoms with Gasteiger partial charge in [0.05, 0.1) is 14.2 Å². The van der Waals surface area contributed by atoms with Gasteiger partial charge in [-0.2, -0.15) is 0 Å².